The van der Waals surface area contributed by atoms with Gasteiger partial charge in [-0.25, -0.2) is 0 Å². The zero-order chi connectivity index (χ0) is 26.5. The van der Waals surface area contributed by atoms with Gasteiger partial charge in [-0.05, 0) is 66.6 Å². The number of benzene rings is 2. The van der Waals surface area contributed by atoms with Crippen LogP contribution in [0.1, 0.15) is 18.7 Å². The van der Waals surface area contributed by atoms with Crippen molar-refractivity contribution in [1.82, 2.24) is 5.32 Å². The molecule has 194 valence electrons. The van der Waals surface area contributed by atoms with Gasteiger partial charge in [0.25, 0.3) is 5.91 Å². The number of thiophene rings is 1. The molecular weight excluding hydrogens is 490 g/mol. The molecule has 9 heteroatoms. The van der Waals surface area contributed by atoms with Gasteiger partial charge in [0.2, 0.25) is 0 Å². The van der Waals surface area contributed by atoms with E-state index in [1.165, 1.54) is 28.5 Å². The zero-order valence-electron chi connectivity index (χ0n) is 20.8. The van der Waals surface area contributed by atoms with Crippen molar-refractivity contribution in [3.63, 3.8) is 0 Å². The van der Waals surface area contributed by atoms with E-state index in [1.807, 2.05) is 18.2 Å². The van der Waals surface area contributed by atoms with Crippen molar-refractivity contribution in [2.75, 3.05) is 31.1 Å². The number of nitrogens with one attached hydrogen (secondary N) is 1. The number of aliphatic hydroxyl groups is 3. The van der Waals surface area contributed by atoms with Crippen LogP contribution in [0.4, 0.5) is 5.69 Å². The third-order valence-corrected chi connectivity index (χ3v) is 7.67. The molecule has 4 rings (SSSR count). The Morgan fingerprint density at radius 1 is 1.11 bits per heavy atom. The minimum atomic E-state index is -1.36. The summed E-state index contributed by atoms with van der Waals surface area (Å²) in [6.45, 7) is 5.95. The van der Waals surface area contributed by atoms with Gasteiger partial charge < -0.3 is 30.3 Å². The number of nitriles is 1. The molecule has 1 fully saturated rings. The minimum absolute atomic E-state index is 0.0817. The van der Waals surface area contributed by atoms with E-state index in [-0.39, 0.29) is 18.7 Å². The van der Waals surface area contributed by atoms with Gasteiger partial charge in [0.05, 0.1) is 6.61 Å². The largest absolute Gasteiger partial charge is 0.388 e. The molecular formula is C28H31N3O5S. The highest BCUT2D eigenvalue weighted by molar-refractivity contribution is 7.16. The zero-order valence-corrected chi connectivity index (χ0v) is 21.6. The number of aliphatic hydroxyl groups excluding tert-OH is 3. The molecule has 1 aliphatic rings. The molecule has 0 radical (unpaired) electrons. The van der Waals surface area contributed by atoms with E-state index in [2.05, 4.69) is 60.5 Å². The first-order chi connectivity index (χ1) is 17.8. The van der Waals surface area contributed by atoms with E-state index >= 15 is 0 Å². The van der Waals surface area contributed by atoms with Crippen molar-refractivity contribution in [3.8, 4) is 16.5 Å². The second-order valence-electron chi connectivity index (χ2n) is 8.92. The predicted octanol–water partition coefficient (Wildman–Crippen LogP) is 2.92. The molecule has 4 unspecified atom stereocenters. The Bertz CT molecular complexity index is 1330. The van der Waals surface area contributed by atoms with E-state index in [0.717, 1.165) is 33.8 Å². The molecule has 0 aliphatic carbocycles. The minimum Gasteiger partial charge on any atom is -0.388 e. The molecule has 1 saturated heterocycles. The van der Waals surface area contributed by atoms with Crippen molar-refractivity contribution < 1.29 is 24.9 Å². The van der Waals surface area contributed by atoms with Crippen LogP contribution in [0.2, 0.25) is 0 Å². The van der Waals surface area contributed by atoms with Gasteiger partial charge in [0.1, 0.15) is 36.1 Å². The number of amides is 1. The Balaban J connectivity index is 1.45. The summed E-state index contributed by atoms with van der Waals surface area (Å²) in [4.78, 5) is 16.7. The van der Waals surface area contributed by atoms with Gasteiger partial charge in [-0.2, -0.15) is 5.26 Å². The fourth-order valence-corrected chi connectivity index (χ4v) is 5.33. The first kappa shape index (κ1) is 26.8. The maximum atomic E-state index is 12.6. The van der Waals surface area contributed by atoms with Gasteiger partial charge in [-0.15, -0.1) is 11.3 Å². The molecule has 3 aromatic rings. The number of carbonyl (C=O) groups is 1. The van der Waals surface area contributed by atoms with E-state index < -0.39 is 30.3 Å². The van der Waals surface area contributed by atoms with Crippen LogP contribution in [0.3, 0.4) is 0 Å². The van der Waals surface area contributed by atoms with Gasteiger partial charge in [0.15, 0.2) is 0 Å². The predicted molar refractivity (Wildman–Crippen MR) is 145 cm³/mol. The smallest absolute Gasteiger partial charge is 0.262 e. The summed E-state index contributed by atoms with van der Waals surface area (Å²) < 4.78 is 5.29. The SMILES string of the molecule is CCN(CC)c1ccc2cc(-c3ccc(C=C(C#N)C(=O)NCC4OCC(O)C(O)C4O)s3)ccc2c1. The van der Waals surface area contributed by atoms with Crippen LogP contribution in [0.5, 0.6) is 0 Å². The summed E-state index contributed by atoms with van der Waals surface area (Å²) in [6.07, 6.45) is -3.24. The van der Waals surface area contributed by atoms with Crippen molar-refractivity contribution in [2.45, 2.75) is 38.3 Å². The molecule has 8 nitrogen and oxygen atoms in total. The molecule has 1 amide bonds. The summed E-state index contributed by atoms with van der Waals surface area (Å²) in [5, 5.41) is 43.8. The van der Waals surface area contributed by atoms with Gasteiger partial charge in [0, 0.05) is 35.1 Å². The van der Waals surface area contributed by atoms with Gasteiger partial charge in [-0.3, -0.25) is 4.79 Å². The van der Waals surface area contributed by atoms with E-state index in [4.69, 9.17) is 4.74 Å². The monoisotopic (exact) mass is 521 g/mol. The van der Waals surface area contributed by atoms with Crippen molar-refractivity contribution in [2.24, 2.45) is 0 Å². The Labute approximate surface area is 220 Å². The lowest BCUT2D eigenvalue weighted by Gasteiger charge is -2.35. The van der Waals surface area contributed by atoms with Gasteiger partial charge >= 0.3 is 0 Å². The lowest BCUT2D eigenvalue weighted by molar-refractivity contribution is -0.185. The molecule has 2 heterocycles. The molecule has 1 aromatic heterocycles. The number of ether oxygens (including phenoxy) is 1. The number of hydrogen-bond donors (Lipinski definition) is 4. The normalized spacial score (nSPS) is 22.0. The van der Waals surface area contributed by atoms with Gasteiger partial charge in [-0.1, -0.05) is 18.2 Å². The third-order valence-electron chi connectivity index (χ3n) is 6.59. The first-order valence-corrected chi connectivity index (χ1v) is 13.1. The van der Waals surface area contributed by atoms with Crippen LogP contribution in [-0.4, -0.2) is 71.9 Å². The number of fused-ring (bicyclic) bond motifs is 1. The third kappa shape index (κ3) is 6.01. The Morgan fingerprint density at radius 2 is 1.84 bits per heavy atom. The summed E-state index contributed by atoms with van der Waals surface area (Å²) in [5.74, 6) is -0.608. The molecule has 2 aromatic carbocycles. The number of hydrogen-bond acceptors (Lipinski definition) is 8. The lowest BCUT2D eigenvalue weighted by Crippen LogP contribution is -2.56. The summed E-state index contributed by atoms with van der Waals surface area (Å²) >= 11 is 1.48. The lowest BCUT2D eigenvalue weighted by atomic mass is 10.00. The van der Waals surface area contributed by atoms with Crippen LogP contribution in [0, 0.1) is 11.3 Å². The fourth-order valence-electron chi connectivity index (χ4n) is 4.38. The van der Waals surface area contributed by atoms with Crippen molar-refractivity contribution in [3.05, 3.63) is 59.0 Å². The second kappa shape index (κ2) is 11.9. The van der Waals surface area contributed by atoms with Crippen molar-refractivity contribution in [1.29, 1.82) is 5.26 Å². The second-order valence-corrected chi connectivity index (χ2v) is 10.0. The summed E-state index contributed by atoms with van der Waals surface area (Å²) in [6, 6.07) is 18.5. The highest BCUT2D eigenvalue weighted by atomic mass is 32.1. The Kier molecular flexibility index (Phi) is 8.59. The quantitative estimate of drug-likeness (QED) is 0.265. The molecule has 37 heavy (non-hydrogen) atoms. The molecule has 0 bridgehead atoms. The van der Waals surface area contributed by atoms with Crippen LogP contribution < -0.4 is 10.2 Å². The topological polar surface area (TPSA) is 126 Å². The maximum absolute atomic E-state index is 12.6. The number of nitrogens with zero attached hydrogens (tertiary/aromatic N) is 2. The molecule has 0 spiro atoms. The Morgan fingerprint density at radius 3 is 2.57 bits per heavy atom. The number of anilines is 1. The van der Waals surface area contributed by atoms with Crippen LogP contribution in [-0.2, 0) is 9.53 Å². The van der Waals surface area contributed by atoms with E-state index in [0.29, 0.717) is 0 Å². The maximum Gasteiger partial charge on any atom is 0.262 e. The first-order valence-electron chi connectivity index (χ1n) is 12.3. The molecule has 4 N–H and O–H groups in total. The average molecular weight is 522 g/mol. The van der Waals surface area contributed by atoms with Crippen LogP contribution in [0.25, 0.3) is 27.3 Å². The van der Waals surface area contributed by atoms with Crippen LogP contribution >= 0.6 is 11.3 Å². The number of rotatable bonds is 8. The standard InChI is InChI=1S/C28H31N3O5S/c1-3-31(4-2)21-8-7-17-11-19(6-5-18(17)12-21)25-10-9-22(37-25)13-20(14-29)28(35)30-15-24-27(34)26(33)23(32)16-36-24/h5-13,23-24,26-27,32-34H,3-4,15-16H2,1-2H3,(H,30,35). The van der Waals surface area contributed by atoms with Crippen molar-refractivity contribution >= 4 is 39.8 Å². The highest BCUT2D eigenvalue weighted by Gasteiger charge is 2.37. The fraction of sp³-hybridized carbons (Fsp3) is 0.357. The summed E-state index contributed by atoms with van der Waals surface area (Å²) in [5.41, 5.74) is 2.18. The van der Waals surface area contributed by atoms with E-state index in [1.54, 1.807) is 0 Å². The average Bonchev–Trinajstić information content (AvgIpc) is 3.39. The van der Waals surface area contributed by atoms with E-state index in [9.17, 15) is 25.4 Å². The summed E-state index contributed by atoms with van der Waals surface area (Å²) in [7, 11) is 0. The molecule has 0 saturated carbocycles. The van der Waals surface area contributed by atoms with Crippen LogP contribution in [0.15, 0.2) is 54.1 Å². The molecule has 1 aliphatic heterocycles. The Hall–Kier alpha value is -3.26. The number of carbonyl (C=O) groups excluding carboxylic acids is 1. The molecule has 4 atom stereocenters. The highest BCUT2D eigenvalue weighted by Crippen LogP contribution is 2.32.